The van der Waals surface area contributed by atoms with Gasteiger partial charge in [0.25, 0.3) is 5.91 Å². The first-order chi connectivity index (χ1) is 10.1. The van der Waals surface area contributed by atoms with Crippen molar-refractivity contribution in [1.82, 2.24) is 4.90 Å². The minimum Gasteiger partial charge on any atom is -0.333 e. The Labute approximate surface area is 135 Å². The van der Waals surface area contributed by atoms with Crippen molar-refractivity contribution in [3.05, 3.63) is 70.2 Å². The van der Waals surface area contributed by atoms with Gasteiger partial charge in [-0.3, -0.25) is 4.79 Å². The van der Waals surface area contributed by atoms with Crippen molar-refractivity contribution < 1.29 is 4.79 Å². The molecule has 0 aliphatic heterocycles. The summed E-state index contributed by atoms with van der Waals surface area (Å²) >= 11 is 12.1. The maximum absolute atomic E-state index is 12.7. The Hall–Kier alpha value is -1.51. The fourth-order valence-electron chi connectivity index (χ4n) is 2.14. The van der Waals surface area contributed by atoms with Crippen molar-refractivity contribution in [2.24, 2.45) is 0 Å². The summed E-state index contributed by atoms with van der Waals surface area (Å²) in [7, 11) is 0. The molecule has 0 saturated heterocycles. The third kappa shape index (κ3) is 3.99. The van der Waals surface area contributed by atoms with Crippen LogP contribution in [0.1, 0.15) is 21.5 Å². The van der Waals surface area contributed by atoms with Crippen LogP contribution in [-0.2, 0) is 6.54 Å². The number of carbonyl (C=O) groups excluding carboxylic acids is 1. The number of carbonyl (C=O) groups is 1. The molecule has 21 heavy (non-hydrogen) atoms. The molecule has 4 heteroatoms. The van der Waals surface area contributed by atoms with Crippen LogP contribution in [0.25, 0.3) is 0 Å². The van der Waals surface area contributed by atoms with E-state index in [1.165, 1.54) is 0 Å². The number of hydrogen-bond donors (Lipinski definition) is 0. The van der Waals surface area contributed by atoms with E-state index in [4.69, 9.17) is 23.2 Å². The summed E-state index contributed by atoms with van der Waals surface area (Å²) in [4.78, 5) is 14.4. The molecule has 0 spiro atoms. The van der Waals surface area contributed by atoms with E-state index in [1.54, 1.807) is 11.0 Å². The zero-order valence-corrected chi connectivity index (χ0v) is 13.4. The van der Waals surface area contributed by atoms with Crippen LogP contribution in [0.15, 0.2) is 48.5 Å². The number of hydrogen-bond acceptors (Lipinski definition) is 1. The Kier molecular flexibility index (Phi) is 5.66. The average molecular weight is 322 g/mol. The quantitative estimate of drug-likeness (QED) is 0.741. The lowest BCUT2D eigenvalue weighted by atomic mass is 10.1. The highest BCUT2D eigenvalue weighted by molar-refractivity contribution is 6.34. The Balaban J connectivity index is 2.25. The zero-order valence-electron chi connectivity index (χ0n) is 11.9. The van der Waals surface area contributed by atoms with Gasteiger partial charge in [0, 0.05) is 19.0 Å². The minimum absolute atomic E-state index is 0.0896. The number of amides is 1. The fraction of sp³-hybridized carbons (Fsp3) is 0.235. The average Bonchev–Trinajstić information content (AvgIpc) is 2.50. The first kappa shape index (κ1) is 15.9. The molecule has 0 aliphatic carbocycles. The number of benzene rings is 2. The highest BCUT2D eigenvalue weighted by Gasteiger charge is 2.19. The molecular weight excluding hydrogens is 305 g/mol. The van der Waals surface area contributed by atoms with E-state index >= 15 is 0 Å². The van der Waals surface area contributed by atoms with Crippen LogP contribution in [-0.4, -0.2) is 23.2 Å². The van der Waals surface area contributed by atoms with Crippen LogP contribution in [0.3, 0.4) is 0 Å². The largest absolute Gasteiger partial charge is 0.333 e. The van der Waals surface area contributed by atoms with Crippen LogP contribution < -0.4 is 0 Å². The fourth-order valence-corrected chi connectivity index (χ4v) is 2.55. The van der Waals surface area contributed by atoms with Crippen molar-refractivity contribution in [3.63, 3.8) is 0 Å². The van der Waals surface area contributed by atoms with Gasteiger partial charge in [0.2, 0.25) is 0 Å². The molecule has 0 aliphatic rings. The predicted octanol–water partition coefficient (Wildman–Crippen LogP) is 4.53. The van der Waals surface area contributed by atoms with Gasteiger partial charge in [-0.1, -0.05) is 54.1 Å². The maximum Gasteiger partial charge on any atom is 0.255 e. The van der Waals surface area contributed by atoms with Crippen LogP contribution in [0, 0.1) is 6.92 Å². The molecule has 2 aromatic carbocycles. The molecule has 0 heterocycles. The van der Waals surface area contributed by atoms with E-state index in [0.29, 0.717) is 29.6 Å². The van der Waals surface area contributed by atoms with E-state index in [9.17, 15) is 4.79 Å². The molecule has 2 aromatic rings. The third-order valence-corrected chi connectivity index (χ3v) is 3.95. The van der Waals surface area contributed by atoms with Gasteiger partial charge in [-0.2, -0.15) is 0 Å². The molecule has 0 saturated carbocycles. The number of nitrogens with zero attached hydrogens (tertiary/aromatic N) is 1. The monoisotopic (exact) mass is 321 g/mol. The Morgan fingerprint density at radius 1 is 1.10 bits per heavy atom. The molecule has 0 fully saturated rings. The van der Waals surface area contributed by atoms with Gasteiger partial charge in [-0.05, 0) is 24.1 Å². The molecule has 0 N–H and O–H groups in total. The van der Waals surface area contributed by atoms with E-state index in [2.05, 4.69) is 0 Å². The first-order valence-corrected chi connectivity index (χ1v) is 7.69. The van der Waals surface area contributed by atoms with E-state index in [1.807, 2.05) is 49.4 Å². The van der Waals surface area contributed by atoms with Crippen LogP contribution in [0.5, 0.6) is 0 Å². The van der Waals surface area contributed by atoms with Crippen LogP contribution in [0.4, 0.5) is 0 Å². The first-order valence-electron chi connectivity index (χ1n) is 6.77. The summed E-state index contributed by atoms with van der Waals surface area (Å²) in [6.45, 7) is 2.90. The number of alkyl halides is 1. The maximum atomic E-state index is 12.7. The number of rotatable bonds is 5. The van der Waals surface area contributed by atoms with Crippen molar-refractivity contribution in [2.75, 3.05) is 12.4 Å². The molecule has 0 aromatic heterocycles. The summed E-state index contributed by atoms with van der Waals surface area (Å²) in [5.41, 5.74) is 2.49. The predicted molar refractivity (Wildman–Crippen MR) is 88.1 cm³/mol. The van der Waals surface area contributed by atoms with Crippen molar-refractivity contribution in [2.45, 2.75) is 13.5 Å². The van der Waals surface area contributed by atoms with Crippen molar-refractivity contribution in [1.29, 1.82) is 0 Å². The lowest BCUT2D eigenvalue weighted by molar-refractivity contribution is 0.0754. The molecule has 0 unspecified atom stereocenters. The van der Waals surface area contributed by atoms with Gasteiger partial charge in [-0.25, -0.2) is 0 Å². The summed E-state index contributed by atoms with van der Waals surface area (Å²) in [6.07, 6.45) is 0. The molecule has 0 atom stereocenters. The SMILES string of the molecule is Cc1cccc(C(=O)N(CCCl)Cc2ccccc2)c1Cl. The van der Waals surface area contributed by atoms with E-state index in [-0.39, 0.29) is 5.91 Å². The van der Waals surface area contributed by atoms with E-state index in [0.717, 1.165) is 11.1 Å². The Morgan fingerprint density at radius 2 is 1.81 bits per heavy atom. The number of halogens is 2. The molecule has 2 rings (SSSR count). The van der Waals surface area contributed by atoms with Gasteiger partial charge >= 0.3 is 0 Å². The van der Waals surface area contributed by atoms with Gasteiger partial charge in [0.15, 0.2) is 0 Å². The third-order valence-electron chi connectivity index (χ3n) is 3.28. The number of aryl methyl sites for hydroxylation is 1. The molecule has 0 bridgehead atoms. The van der Waals surface area contributed by atoms with Gasteiger partial charge in [0.1, 0.15) is 0 Å². The molecule has 110 valence electrons. The highest BCUT2D eigenvalue weighted by Crippen LogP contribution is 2.22. The summed E-state index contributed by atoms with van der Waals surface area (Å²) in [5.74, 6) is 0.301. The second-order valence-electron chi connectivity index (χ2n) is 4.84. The smallest absolute Gasteiger partial charge is 0.255 e. The minimum atomic E-state index is -0.0896. The molecule has 1 amide bonds. The standard InChI is InChI=1S/C17H17Cl2NO/c1-13-6-5-9-15(16(13)19)17(21)20(11-10-18)12-14-7-3-2-4-8-14/h2-9H,10-12H2,1H3. The second kappa shape index (κ2) is 7.48. The molecular formula is C17H17Cl2NO. The molecule has 0 radical (unpaired) electrons. The Bertz CT molecular complexity index is 613. The summed E-state index contributed by atoms with van der Waals surface area (Å²) in [5, 5.41) is 0.509. The van der Waals surface area contributed by atoms with Crippen molar-refractivity contribution >= 4 is 29.1 Å². The lowest BCUT2D eigenvalue weighted by Crippen LogP contribution is -2.32. The summed E-state index contributed by atoms with van der Waals surface area (Å²) in [6, 6.07) is 15.3. The second-order valence-corrected chi connectivity index (χ2v) is 5.59. The Morgan fingerprint density at radius 3 is 2.48 bits per heavy atom. The van der Waals surface area contributed by atoms with Crippen LogP contribution >= 0.6 is 23.2 Å². The normalized spacial score (nSPS) is 10.4. The van der Waals surface area contributed by atoms with Gasteiger partial charge in [-0.15, -0.1) is 11.6 Å². The van der Waals surface area contributed by atoms with Gasteiger partial charge < -0.3 is 4.90 Å². The molecule has 2 nitrogen and oxygen atoms in total. The van der Waals surface area contributed by atoms with Crippen LogP contribution in [0.2, 0.25) is 5.02 Å². The van der Waals surface area contributed by atoms with E-state index < -0.39 is 0 Å². The highest BCUT2D eigenvalue weighted by atomic mass is 35.5. The van der Waals surface area contributed by atoms with Gasteiger partial charge in [0.05, 0.1) is 10.6 Å². The summed E-state index contributed by atoms with van der Waals surface area (Å²) < 4.78 is 0. The zero-order chi connectivity index (χ0) is 15.2. The lowest BCUT2D eigenvalue weighted by Gasteiger charge is -2.22. The topological polar surface area (TPSA) is 20.3 Å². The van der Waals surface area contributed by atoms with Crippen molar-refractivity contribution in [3.8, 4) is 0 Å².